The van der Waals surface area contributed by atoms with Gasteiger partial charge >= 0.3 is 6.09 Å². The summed E-state index contributed by atoms with van der Waals surface area (Å²) >= 11 is 12.5. The van der Waals surface area contributed by atoms with Crippen molar-refractivity contribution in [1.29, 1.82) is 0 Å². The summed E-state index contributed by atoms with van der Waals surface area (Å²) in [5.74, 6) is -0.521. The number of H-pyrrole nitrogens is 1. The molecule has 7 nitrogen and oxygen atoms in total. The number of nitrogens with one attached hydrogen (secondary N) is 1. The van der Waals surface area contributed by atoms with Crippen LogP contribution in [0, 0.1) is 5.82 Å². The van der Waals surface area contributed by atoms with E-state index in [1.165, 1.54) is 17.0 Å². The zero-order valence-corrected chi connectivity index (χ0v) is 20.3. The fraction of sp³-hybridized carbons (Fsp3) is 0.240. The molecule has 0 saturated carbocycles. The molecule has 1 aromatic carbocycles. The molecule has 3 aromatic heterocycles. The average molecular weight is 514 g/mol. The van der Waals surface area contributed by atoms with Gasteiger partial charge in [0.2, 0.25) is 0 Å². The molecule has 0 aliphatic carbocycles. The summed E-state index contributed by atoms with van der Waals surface area (Å²) in [4.78, 5) is 20.3. The first-order chi connectivity index (χ1) is 16.8. The normalized spacial score (nSPS) is 15.2. The molecule has 2 N–H and O–H groups in total. The predicted octanol–water partition coefficient (Wildman–Crippen LogP) is 6.75. The maximum atomic E-state index is 14.0. The minimum atomic E-state index is -0.877. The minimum Gasteiger partial charge on any atom is -0.465 e. The number of allylic oxidation sites excluding steroid dienone is 1. The van der Waals surface area contributed by atoms with Gasteiger partial charge in [-0.05, 0) is 49.6 Å². The molecule has 1 amide bonds. The van der Waals surface area contributed by atoms with Crippen molar-refractivity contribution in [3.63, 3.8) is 0 Å². The summed E-state index contributed by atoms with van der Waals surface area (Å²) in [5.41, 5.74) is 4.60. The molecule has 1 aliphatic heterocycles. The van der Waals surface area contributed by atoms with Crippen molar-refractivity contribution >= 4 is 52.0 Å². The molecule has 4 aromatic rings. The lowest BCUT2D eigenvalue weighted by Crippen LogP contribution is -2.38. The number of pyridine rings is 1. The third-order valence-electron chi connectivity index (χ3n) is 6.42. The van der Waals surface area contributed by atoms with Gasteiger partial charge in [-0.2, -0.15) is 5.10 Å². The fourth-order valence-corrected chi connectivity index (χ4v) is 5.17. The van der Waals surface area contributed by atoms with E-state index in [2.05, 4.69) is 15.1 Å². The number of hydrogen-bond donors (Lipinski definition) is 2. The highest BCUT2D eigenvalue weighted by molar-refractivity contribution is 6.38. The van der Waals surface area contributed by atoms with Crippen LogP contribution in [0.2, 0.25) is 10.0 Å². The predicted molar refractivity (Wildman–Crippen MR) is 135 cm³/mol. The Balaban J connectivity index is 1.43. The number of benzene rings is 1. The van der Waals surface area contributed by atoms with E-state index in [1.54, 1.807) is 12.4 Å². The van der Waals surface area contributed by atoms with E-state index in [0.717, 1.165) is 46.1 Å². The topological polar surface area (TPSA) is 87.0 Å². The Morgan fingerprint density at radius 3 is 2.74 bits per heavy atom. The van der Waals surface area contributed by atoms with Crippen LogP contribution >= 0.6 is 23.2 Å². The Kier molecular flexibility index (Phi) is 6.25. The third-order valence-corrected chi connectivity index (χ3v) is 7.10. The molecule has 0 bridgehead atoms. The quantitative estimate of drug-likeness (QED) is 0.295. The fourth-order valence-electron chi connectivity index (χ4n) is 4.50. The molecule has 1 fully saturated rings. The van der Waals surface area contributed by atoms with Crippen LogP contribution in [0.15, 0.2) is 43.0 Å². The van der Waals surface area contributed by atoms with Crippen LogP contribution in [0.3, 0.4) is 0 Å². The monoisotopic (exact) mass is 513 g/mol. The maximum absolute atomic E-state index is 14.0. The van der Waals surface area contributed by atoms with Crippen molar-refractivity contribution in [1.82, 2.24) is 24.6 Å². The number of carbonyl (C=O) groups is 1. The van der Waals surface area contributed by atoms with Crippen LogP contribution in [0.1, 0.15) is 36.9 Å². The van der Waals surface area contributed by atoms with Gasteiger partial charge < -0.3 is 15.0 Å². The third kappa shape index (κ3) is 4.51. The van der Waals surface area contributed by atoms with Gasteiger partial charge in [-0.1, -0.05) is 23.2 Å². The highest BCUT2D eigenvalue weighted by atomic mass is 35.5. The molecule has 4 heterocycles. The first kappa shape index (κ1) is 23.4. The second-order valence-corrected chi connectivity index (χ2v) is 9.40. The van der Waals surface area contributed by atoms with Crippen molar-refractivity contribution < 1.29 is 14.3 Å². The summed E-state index contributed by atoms with van der Waals surface area (Å²) in [7, 11) is 0. The molecule has 0 unspecified atom stereocenters. The molecule has 180 valence electrons. The van der Waals surface area contributed by atoms with Crippen molar-refractivity contribution in [3.05, 3.63) is 70.0 Å². The molecule has 0 radical (unpaired) electrons. The number of amides is 1. The van der Waals surface area contributed by atoms with Crippen LogP contribution in [-0.4, -0.2) is 48.9 Å². The molecule has 1 aliphatic rings. The van der Waals surface area contributed by atoms with E-state index in [4.69, 9.17) is 28.3 Å². The van der Waals surface area contributed by atoms with Crippen LogP contribution in [-0.2, 0) is 0 Å². The molecular weight excluding hydrogens is 492 g/mol. The van der Waals surface area contributed by atoms with Crippen LogP contribution in [0.5, 0.6) is 0 Å². The van der Waals surface area contributed by atoms with Crippen molar-refractivity contribution in [3.8, 4) is 11.1 Å². The van der Waals surface area contributed by atoms with Crippen molar-refractivity contribution in [2.24, 2.45) is 0 Å². The standard InChI is InChI=1S/C25H22Cl2FN5O2/c1-14(22-20(26)2-3-21(28)23(22)27)8-16-11-30-24-19(16)9-15(10-29-24)17-12-31-33(13-17)18-4-6-32(7-5-18)25(34)35/h2-3,8-13,18H,4-7H2,1H3,(H,29,30)(H,34,35). The lowest BCUT2D eigenvalue weighted by atomic mass is 10.0. The molecule has 10 heteroatoms. The molecule has 0 spiro atoms. The molecule has 5 rings (SSSR count). The lowest BCUT2D eigenvalue weighted by molar-refractivity contribution is 0.124. The summed E-state index contributed by atoms with van der Waals surface area (Å²) in [5, 5.41) is 15.0. The van der Waals surface area contributed by atoms with Crippen LogP contribution in [0.4, 0.5) is 9.18 Å². The van der Waals surface area contributed by atoms with E-state index in [9.17, 15) is 9.18 Å². The Bertz CT molecular complexity index is 1450. The smallest absolute Gasteiger partial charge is 0.407 e. The number of fused-ring (bicyclic) bond motifs is 1. The number of nitrogens with zero attached hydrogens (tertiary/aromatic N) is 4. The van der Waals surface area contributed by atoms with E-state index >= 15 is 0 Å². The molecule has 1 saturated heterocycles. The van der Waals surface area contributed by atoms with E-state index < -0.39 is 11.9 Å². The van der Waals surface area contributed by atoms with E-state index in [1.807, 2.05) is 36.1 Å². The Labute approximate surface area is 210 Å². The first-order valence-electron chi connectivity index (χ1n) is 11.1. The van der Waals surface area contributed by atoms with E-state index in [0.29, 0.717) is 23.7 Å². The summed E-state index contributed by atoms with van der Waals surface area (Å²) in [6, 6.07) is 4.93. The molecular formula is C25H22Cl2FN5O2. The minimum absolute atomic E-state index is 0.00786. The zero-order chi connectivity index (χ0) is 24.7. The lowest BCUT2D eigenvalue weighted by Gasteiger charge is -2.30. The Morgan fingerprint density at radius 1 is 1.23 bits per heavy atom. The maximum Gasteiger partial charge on any atom is 0.407 e. The summed E-state index contributed by atoms with van der Waals surface area (Å²) in [6.07, 6.45) is 9.87. The van der Waals surface area contributed by atoms with Gasteiger partial charge in [0.25, 0.3) is 0 Å². The second-order valence-electron chi connectivity index (χ2n) is 8.62. The van der Waals surface area contributed by atoms with Crippen LogP contribution in [0.25, 0.3) is 33.8 Å². The Morgan fingerprint density at radius 2 is 2.00 bits per heavy atom. The largest absolute Gasteiger partial charge is 0.465 e. The van der Waals surface area contributed by atoms with Gasteiger partial charge in [0.15, 0.2) is 0 Å². The van der Waals surface area contributed by atoms with E-state index in [-0.39, 0.29) is 11.1 Å². The molecule has 35 heavy (non-hydrogen) atoms. The van der Waals surface area contributed by atoms with Gasteiger partial charge in [0, 0.05) is 64.3 Å². The number of hydrogen-bond acceptors (Lipinski definition) is 3. The number of rotatable bonds is 4. The molecule has 0 atom stereocenters. The number of piperidine rings is 1. The van der Waals surface area contributed by atoms with Crippen molar-refractivity contribution in [2.45, 2.75) is 25.8 Å². The van der Waals surface area contributed by atoms with Gasteiger partial charge in [0.05, 0.1) is 17.3 Å². The van der Waals surface area contributed by atoms with Gasteiger partial charge in [0.1, 0.15) is 11.5 Å². The first-order valence-corrected chi connectivity index (χ1v) is 11.9. The van der Waals surface area contributed by atoms with Gasteiger partial charge in [-0.15, -0.1) is 0 Å². The zero-order valence-electron chi connectivity index (χ0n) is 18.8. The summed E-state index contributed by atoms with van der Waals surface area (Å²) in [6.45, 7) is 2.84. The summed E-state index contributed by atoms with van der Waals surface area (Å²) < 4.78 is 15.9. The van der Waals surface area contributed by atoms with Gasteiger partial charge in [-0.3, -0.25) is 4.68 Å². The second kappa shape index (κ2) is 9.36. The highest BCUT2D eigenvalue weighted by Crippen LogP contribution is 2.35. The van der Waals surface area contributed by atoms with Gasteiger partial charge in [-0.25, -0.2) is 14.2 Å². The SMILES string of the molecule is CC(=Cc1c[nH]c2ncc(-c3cnn(C4CCN(C(=O)O)CC4)c3)cc12)c1c(Cl)ccc(F)c1Cl. The highest BCUT2D eigenvalue weighted by Gasteiger charge is 2.24. The van der Waals surface area contributed by atoms with Crippen molar-refractivity contribution in [2.75, 3.05) is 13.1 Å². The number of aromatic nitrogens is 4. The van der Waals surface area contributed by atoms with Crippen LogP contribution < -0.4 is 0 Å². The number of halogens is 3. The number of likely N-dealkylation sites (tertiary alicyclic amines) is 1. The average Bonchev–Trinajstić information content (AvgIpc) is 3.49. The number of aromatic amines is 1. The number of carboxylic acid groups (broad SMARTS) is 1. The Hall–Kier alpha value is -3.36.